The zero-order chi connectivity index (χ0) is 22.8. The first-order valence-corrected chi connectivity index (χ1v) is 10.7. The molecular formula is C26H24FN5O. The van der Waals surface area contributed by atoms with Crippen LogP contribution in [0.3, 0.4) is 0 Å². The van der Waals surface area contributed by atoms with Gasteiger partial charge in [-0.1, -0.05) is 24.3 Å². The molecule has 0 fully saturated rings. The minimum Gasteiger partial charge on any atom is -0.494 e. The fraction of sp³-hybridized carbons (Fsp3) is 0.154. The second-order valence-electron chi connectivity index (χ2n) is 7.89. The number of para-hydroxylation sites is 1. The van der Waals surface area contributed by atoms with E-state index >= 15 is 0 Å². The molecule has 0 unspecified atom stereocenters. The van der Waals surface area contributed by atoms with Crippen LogP contribution in [-0.2, 0) is 13.1 Å². The van der Waals surface area contributed by atoms with Gasteiger partial charge in [0.25, 0.3) is 0 Å². The molecule has 0 aliphatic carbocycles. The van der Waals surface area contributed by atoms with Crippen molar-refractivity contribution in [2.75, 3.05) is 7.11 Å². The Balaban J connectivity index is 1.45. The van der Waals surface area contributed by atoms with Crippen LogP contribution in [0.4, 0.5) is 4.39 Å². The van der Waals surface area contributed by atoms with Crippen molar-refractivity contribution < 1.29 is 9.13 Å². The zero-order valence-corrected chi connectivity index (χ0v) is 18.5. The average Bonchev–Trinajstić information content (AvgIpc) is 3.43. The van der Waals surface area contributed by atoms with Crippen molar-refractivity contribution in [3.63, 3.8) is 0 Å². The first kappa shape index (κ1) is 20.9. The predicted molar refractivity (Wildman–Crippen MR) is 126 cm³/mol. The molecule has 0 radical (unpaired) electrons. The number of imidazole rings is 1. The monoisotopic (exact) mass is 441 g/mol. The highest BCUT2D eigenvalue weighted by Crippen LogP contribution is 2.28. The van der Waals surface area contributed by atoms with E-state index in [2.05, 4.69) is 10.3 Å². The Hall–Kier alpha value is -3.97. The Morgan fingerprint density at radius 1 is 1.00 bits per heavy atom. The molecular weight excluding hydrogens is 417 g/mol. The number of aromatic nitrogens is 4. The number of aryl methyl sites for hydroxylation is 1. The highest BCUT2D eigenvalue weighted by Gasteiger charge is 2.15. The van der Waals surface area contributed by atoms with E-state index < -0.39 is 5.82 Å². The van der Waals surface area contributed by atoms with E-state index in [4.69, 9.17) is 9.84 Å². The normalized spacial score (nSPS) is 11.2. The molecule has 2 aromatic carbocycles. The molecule has 0 saturated carbocycles. The summed E-state index contributed by atoms with van der Waals surface area (Å²) in [7, 11) is 1.46. The Labute approximate surface area is 191 Å². The van der Waals surface area contributed by atoms with Crippen LogP contribution < -0.4 is 10.1 Å². The summed E-state index contributed by atoms with van der Waals surface area (Å²) in [5.41, 5.74) is 6.34. The van der Waals surface area contributed by atoms with Crippen molar-refractivity contribution in [2.24, 2.45) is 0 Å². The van der Waals surface area contributed by atoms with Crippen molar-refractivity contribution in [1.29, 1.82) is 0 Å². The van der Waals surface area contributed by atoms with E-state index in [0.29, 0.717) is 18.7 Å². The third kappa shape index (κ3) is 4.23. The maximum absolute atomic E-state index is 14.5. The van der Waals surface area contributed by atoms with Crippen molar-refractivity contribution in [2.45, 2.75) is 20.0 Å². The van der Waals surface area contributed by atoms with Gasteiger partial charge in [0.1, 0.15) is 5.65 Å². The number of nitrogens with zero attached hydrogens (tertiary/aromatic N) is 4. The number of benzene rings is 2. The number of halogens is 1. The van der Waals surface area contributed by atoms with E-state index in [-0.39, 0.29) is 5.75 Å². The highest BCUT2D eigenvalue weighted by atomic mass is 19.1. The molecule has 3 heterocycles. The Bertz CT molecular complexity index is 1390. The summed E-state index contributed by atoms with van der Waals surface area (Å²) >= 11 is 0. The second-order valence-corrected chi connectivity index (χ2v) is 7.89. The summed E-state index contributed by atoms with van der Waals surface area (Å²) in [6.07, 6.45) is 5.99. The lowest BCUT2D eigenvalue weighted by atomic mass is 10.1. The second kappa shape index (κ2) is 8.88. The van der Waals surface area contributed by atoms with E-state index in [9.17, 15) is 4.39 Å². The molecule has 5 aromatic rings. The van der Waals surface area contributed by atoms with Gasteiger partial charge in [-0.05, 0) is 48.9 Å². The minimum atomic E-state index is -0.413. The summed E-state index contributed by atoms with van der Waals surface area (Å²) in [5.74, 6) is -0.201. The fourth-order valence-electron chi connectivity index (χ4n) is 3.94. The molecule has 6 nitrogen and oxygen atoms in total. The molecule has 5 rings (SSSR count). The first-order chi connectivity index (χ1) is 16.1. The van der Waals surface area contributed by atoms with Gasteiger partial charge < -0.3 is 14.5 Å². The molecule has 7 heteroatoms. The van der Waals surface area contributed by atoms with Gasteiger partial charge in [0.05, 0.1) is 24.2 Å². The average molecular weight is 442 g/mol. The van der Waals surface area contributed by atoms with Crippen molar-refractivity contribution >= 4 is 5.65 Å². The van der Waals surface area contributed by atoms with Crippen LogP contribution >= 0.6 is 0 Å². The lowest BCUT2D eigenvalue weighted by molar-refractivity contribution is 0.386. The molecule has 0 atom stereocenters. The van der Waals surface area contributed by atoms with Gasteiger partial charge >= 0.3 is 0 Å². The van der Waals surface area contributed by atoms with Gasteiger partial charge in [0, 0.05) is 42.8 Å². The number of rotatable bonds is 7. The van der Waals surface area contributed by atoms with Gasteiger partial charge in [0.2, 0.25) is 0 Å². The van der Waals surface area contributed by atoms with Crippen LogP contribution in [0.2, 0.25) is 0 Å². The standard InChI is InChI=1S/C26H24FN5O/c1-18-7-3-4-8-23(18)32-16-20(26(30-32)19-10-11-24(33-2)22(27)13-19)14-28-15-21-17-31-12-6-5-9-25(31)29-21/h3-13,16-17,28H,14-15H2,1-2H3. The Morgan fingerprint density at radius 2 is 1.85 bits per heavy atom. The quantitative estimate of drug-likeness (QED) is 0.389. The Morgan fingerprint density at radius 3 is 2.64 bits per heavy atom. The smallest absolute Gasteiger partial charge is 0.165 e. The first-order valence-electron chi connectivity index (χ1n) is 10.7. The summed E-state index contributed by atoms with van der Waals surface area (Å²) < 4.78 is 23.4. The fourth-order valence-corrected chi connectivity index (χ4v) is 3.94. The van der Waals surface area contributed by atoms with Crippen molar-refractivity contribution in [3.8, 4) is 22.7 Å². The molecule has 33 heavy (non-hydrogen) atoms. The maximum atomic E-state index is 14.5. The summed E-state index contributed by atoms with van der Waals surface area (Å²) in [4.78, 5) is 4.64. The van der Waals surface area contributed by atoms with Crippen LogP contribution in [0, 0.1) is 12.7 Å². The topological polar surface area (TPSA) is 56.4 Å². The lowest BCUT2D eigenvalue weighted by Crippen LogP contribution is -2.13. The van der Waals surface area contributed by atoms with Crippen LogP contribution in [0.1, 0.15) is 16.8 Å². The Kier molecular flexibility index (Phi) is 5.62. The number of hydrogen-bond acceptors (Lipinski definition) is 4. The number of fused-ring (bicyclic) bond motifs is 1. The number of ether oxygens (including phenoxy) is 1. The maximum Gasteiger partial charge on any atom is 0.165 e. The number of nitrogens with one attached hydrogen (secondary N) is 1. The zero-order valence-electron chi connectivity index (χ0n) is 18.5. The molecule has 0 saturated heterocycles. The third-order valence-electron chi connectivity index (χ3n) is 5.61. The lowest BCUT2D eigenvalue weighted by Gasteiger charge is -2.06. The van der Waals surface area contributed by atoms with Crippen LogP contribution in [0.15, 0.2) is 79.3 Å². The van der Waals surface area contributed by atoms with E-state index in [1.807, 2.05) is 83.1 Å². The SMILES string of the molecule is COc1ccc(-c2nn(-c3ccccc3C)cc2CNCc2cn3ccccc3n2)cc1F. The van der Waals surface area contributed by atoms with Crippen LogP contribution in [0.25, 0.3) is 22.6 Å². The van der Waals surface area contributed by atoms with Gasteiger partial charge in [-0.3, -0.25) is 0 Å². The summed E-state index contributed by atoms with van der Waals surface area (Å²) in [5, 5.41) is 8.28. The van der Waals surface area contributed by atoms with Crippen molar-refractivity contribution in [1.82, 2.24) is 24.5 Å². The van der Waals surface area contributed by atoms with Crippen molar-refractivity contribution in [3.05, 3.63) is 102 Å². The summed E-state index contributed by atoms with van der Waals surface area (Å²) in [6.45, 7) is 3.21. The molecule has 0 aliphatic heterocycles. The van der Waals surface area contributed by atoms with Gasteiger partial charge in [-0.2, -0.15) is 5.10 Å². The predicted octanol–water partition coefficient (Wildman–Crippen LogP) is 4.93. The van der Waals surface area contributed by atoms with Gasteiger partial charge in [-0.15, -0.1) is 0 Å². The van der Waals surface area contributed by atoms with Gasteiger partial charge in [-0.25, -0.2) is 14.1 Å². The van der Waals surface area contributed by atoms with E-state index in [1.54, 1.807) is 6.07 Å². The molecule has 166 valence electrons. The van der Waals surface area contributed by atoms with E-state index in [0.717, 1.165) is 33.8 Å². The van der Waals surface area contributed by atoms with Crippen LogP contribution in [0.5, 0.6) is 5.75 Å². The molecule has 0 amide bonds. The van der Waals surface area contributed by atoms with Gasteiger partial charge in [0.15, 0.2) is 11.6 Å². The third-order valence-corrected chi connectivity index (χ3v) is 5.61. The molecule has 1 N–H and O–H groups in total. The molecule has 0 bridgehead atoms. The largest absolute Gasteiger partial charge is 0.494 e. The molecule has 0 spiro atoms. The number of methoxy groups -OCH3 is 1. The number of pyridine rings is 1. The molecule has 3 aromatic heterocycles. The van der Waals surface area contributed by atoms with E-state index in [1.165, 1.54) is 13.2 Å². The highest BCUT2D eigenvalue weighted by molar-refractivity contribution is 5.64. The molecule has 0 aliphatic rings. The number of hydrogen-bond donors (Lipinski definition) is 1. The minimum absolute atomic E-state index is 0.212. The summed E-state index contributed by atoms with van der Waals surface area (Å²) in [6, 6.07) is 18.9. The van der Waals surface area contributed by atoms with Crippen LogP contribution in [-0.4, -0.2) is 26.3 Å².